The third-order valence-electron chi connectivity index (χ3n) is 11.3. The second kappa shape index (κ2) is 9.90. The van der Waals surface area contributed by atoms with Gasteiger partial charge >= 0.3 is 0 Å². The molecule has 0 saturated heterocycles. The Morgan fingerprint density at radius 1 is 0.460 bits per heavy atom. The fraction of sp³-hybridized carbons (Fsp3) is 0.0625. The van der Waals surface area contributed by atoms with Crippen LogP contribution in [-0.2, 0) is 5.41 Å². The van der Waals surface area contributed by atoms with Crippen molar-refractivity contribution < 1.29 is 0 Å². The molecule has 2 nitrogen and oxygen atoms in total. The van der Waals surface area contributed by atoms with Crippen LogP contribution in [0.3, 0.4) is 0 Å². The molecule has 2 aliphatic rings. The highest BCUT2D eigenvalue weighted by molar-refractivity contribution is 6.15. The third kappa shape index (κ3) is 3.71. The van der Waals surface area contributed by atoms with Crippen molar-refractivity contribution in [1.29, 1.82) is 0 Å². The minimum Gasteiger partial charge on any atom is -0.309 e. The summed E-state index contributed by atoms with van der Waals surface area (Å²) in [6.45, 7) is 4.68. The maximum atomic E-state index is 5.31. The van der Waals surface area contributed by atoms with Crippen LogP contribution in [0.2, 0.25) is 0 Å². The van der Waals surface area contributed by atoms with Gasteiger partial charge in [-0.05, 0) is 92.4 Å². The van der Waals surface area contributed by atoms with Crippen molar-refractivity contribution in [2.45, 2.75) is 19.3 Å². The molecule has 0 aliphatic heterocycles. The topological polar surface area (TPSA) is 17.8 Å². The van der Waals surface area contributed by atoms with Crippen molar-refractivity contribution in [3.63, 3.8) is 0 Å². The van der Waals surface area contributed by atoms with Gasteiger partial charge in [0.1, 0.15) is 0 Å². The molecule has 9 aromatic rings. The number of nitrogens with zero attached hydrogens (tertiary/aromatic N) is 2. The molecule has 0 fully saturated rings. The van der Waals surface area contributed by atoms with Crippen LogP contribution in [0.5, 0.6) is 0 Å². The quantitative estimate of drug-likeness (QED) is 0.189. The molecule has 0 spiro atoms. The fourth-order valence-corrected chi connectivity index (χ4v) is 8.94. The molecule has 2 heteroatoms. The first-order valence-corrected chi connectivity index (χ1v) is 17.5. The molecule has 2 aromatic heterocycles. The van der Waals surface area contributed by atoms with E-state index in [0.29, 0.717) is 0 Å². The molecule has 7 aromatic carbocycles. The van der Waals surface area contributed by atoms with E-state index >= 15 is 0 Å². The Bertz CT molecular complexity index is 2900. The highest BCUT2D eigenvalue weighted by atomic mass is 15.0. The summed E-state index contributed by atoms with van der Waals surface area (Å²) < 4.78 is 2.41. The number of rotatable bonds is 3. The van der Waals surface area contributed by atoms with Crippen molar-refractivity contribution >= 4 is 32.6 Å². The minimum atomic E-state index is 0.00390. The number of hydrogen-bond acceptors (Lipinski definition) is 1. The van der Waals surface area contributed by atoms with Gasteiger partial charge in [0.15, 0.2) is 0 Å². The van der Waals surface area contributed by atoms with Gasteiger partial charge in [0, 0.05) is 38.4 Å². The highest BCUT2D eigenvalue weighted by Gasteiger charge is 2.35. The third-order valence-corrected chi connectivity index (χ3v) is 11.3. The first-order valence-electron chi connectivity index (χ1n) is 17.5. The van der Waals surface area contributed by atoms with E-state index in [0.717, 1.165) is 22.6 Å². The van der Waals surface area contributed by atoms with Gasteiger partial charge in [0.2, 0.25) is 0 Å². The van der Waals surface area contributed by atoms with Gasteiger partial charge < -0.3 is 4.57 Å². The fourth-order valence-electron chi connectivity index (χ4n) is 8.94. The monoisotopic (exact) mass is 636 g/mol. The Balaban J connectivity index is 1.06. The van der Waals surface area contributed by atoms with Gasteiger partial charge in [-0.1, -0.05) is 129 Å². The van der Waals surface area contributed by atoms with Crippen LogP contribution in [-0.4, -0.2) is 9.55 Å². The minimum absolute atomic E-state index is 0.00390. The van der Waals surface area contributed by atoms with Gasteiger partial charge in [-0.3, -0.25) is 0 Å². The van der Waals surface area contributed by atoms with Crippen molar-refractivity contribution in [1.82, 2.24) is 9.55 Å². The molecule has 50 heavy (non-hydrogen) atoms. The van der Waals surface area contributed by atoms with Gasteiger partial charge in [-0.2, -0.15) is 0 Å². The Hall–Kier alpha value is -6.25. The first-order chi connectivity index (χ1) is 24.5. The summed E-state index contributed by atoms with van der Waals surface area (Å²) in [6.07, 6.45) is 0. The molecule has 0 unspecified atom stereocenters. The average molecular weight is 637 g/mol. The number of pyridine rings is 1. The van der Waals surface area contributed by atoms with E-state index in [9.17, 15) is 0 Å². The summed E-state index contributed by atoms with van der Waals surface area (Å²) in [5.74, 6) is 0. The van der Waals surface area contributed by atoms with Gasteiger partial charge in [-0.25, -0.2) is 4.98 Å². The predicted octanol–water partition coefficient (Wildman–Crippen LogP) is 12.6. The lowest BCUT2D eigenvalue weighted by atomic mass is 9.82. The molecule has 234 valence electrons. The Kier molecular flexibility index (Phi) is 5.48. The lowest BCUT2D eigenvalue weighted by Gasteiger charge is -2.21. The molecule has 2 heterocycles. The zero-order chi connectivity index (χ0) is 33.1. The van der Waals surface area contributed by atoms with Crippen molar-refractivity contribution in [3.05, 3.63) is 169 Å². The second-order valence-corrected chi connectivity index (χ2v) is 14.4. The summed E-state index contributed by atoms with van der Waals surface area (Å²) in [7, 11) is 0. The van der Waals surface area contributed by atoms with Crippen molar-refractivity contribution in [2.24, 2.45) is 0 Å². The number of benzene rings is 7. The molecule has 2 aliphatic carbocycles. The lowest BCUT2D eigenvalue weighted by Crippen LogP contribution is -2.14. The summed E-state index contributed by atoms with van der Waals surface area (Å²) in [5, 5.41) is 4.99. The van der Waals surface area contributed by atoms with Crippen LogP contribution in [0.25, 0.3) is 94.2 Å². The molecular formula is C48H32N2. The van der Waals surface area contributed by atoms with E-state index in [1.807, 2.05) is 0 Å². The number of hydrogen-bond donors (Lipinski definition) is 0. The van der Waals surface area contributed by atoms with Crippen LogP contribution in [0.15, 0.2) is 158 Å². The normalized spacial score (nSPS) is 13.6. The summed E-state index contributed by atoms with van der Waals surface area (Å²) in [6, 6.07) is 58.1. The Labute approximate surface area is 290 Å². The zero-order valence-electron chi connectivity index (χ0n) is 27.9. The SMILES string of the molecule is CC1(C)c2ccccc2-c2cc(-c3ccc4c(c3)c3ccccc3n4-c3cccc(-c4cc5cccc6c5c(n4)-c4ccccc4-6)c3)ccc21. The summed E-state index contributed by atoms with van der Waals surface area (Å²) in [5.41, 5.74) is 18.5. The van der Waals surface area contributed by atoms with Crippen molar-refractivity contribution in [3.8, 4) is 61.6 Å². The van der Waals surface area contributed by atoms with Crippen molar-refractivity contribution in [2.75, 3.05) is 0 Å². The predicted molar refractivity (Wildman–Crippen MR) is 209 cm³/mol. The zero-order valence-corrected chi connectivity index (χ0v) is 27.9. The Morgan fingerprint density at radius 2 is 1.16 bits per heavy atom. The number of aromatic nitrogens is 2. The first kappa shape index (κ1) is 27.7. The second-order valence-electron chi connectivity index (χ2n) is 14.4. The van der Waals surface area contributed by atoms with Crippen LogP contribution in [0.4, 0.5) is 0 Å². The van der Waals surface area contributed by atoms with Gasteiger partial charge in [-0.15, -0.1) is 0 Å². The molecule has 0 radical (unpaired) electrons. The van der Waals surface area contributed by atoms with Crippen LogP contribution >= 0.6 is 0 Å². The van der Waals surface area contributed by atoms with Gasteiger partial charge in [0.25, 0.3) is 0 Å². The number of para-hydroxylation sites is 1. The van der Waals surface area contributed by atoms with E-state index in [4.69, 9.17) is 4.98 Å². The largest absolute Gasteiger partial charge is 0.309 e. The Morgan fingerprint density at radius 3 is 2.08 bits per heavy atom. The van der Waals surface area contributed by atoms with E-state index in [-0.39, 0.29) is 5.41 Å². The smallest absolute Gasteiger partial charge is 0.0800 e. The van der Waals surface area contributed by atoms with Crippen LogP contribution < -0.4 is 0 Å². The molecular weight excluding hydrogens is 605 g/mol. The average Bonchev–Trinajstić information content (AvgIpc) is 3.75. The summed E-state index contributed by atoms with van der Waals surface area (Å²) >= 11 is 0. The maximum absolute atomic E-state index is 5.31. The molecule has 0 atom stereocenters. The summed E-state index contributed by atoms with van der Waals surface area (Å²) in [4.78, 5) is 5.31. The standard InChI is InChI=1S/C48H32N2/c1-48(2)41-19-7-5-15-35(41)39-26-29(21-23-42(39)48)30-22-24-45-40(27-30)36-16-6-8-20-44(36)50(45)33-13-9-11-31(25-33)43-28-32-12-10-18-37-34-14-3-4-17-38(34)47(49-43)46(32)37/h3-28H,1-2H3. The molecule has 0 saturated carbocycles. The molecule has 0 amide bonds. The lowest BCUT2D eigenvalue weighted by molar-refractivity contribution is 0.660. The number of fused-ring (bicyclic) bond motifs is 9. The van der Waals surface area contributed by atoms with E-state index in [2.05, 4.69) is 176 Å². The van der Waals surface area contributed by atoms with Crippen LogP contribution in [0.1, 0.15) is 25.0 Å². The van der Waals surface area contributed by atoms with E-state index < -0.39 is 0 Å². The van der Waals surface area contributed by atoms with Gasteiger partial charge in [0.05, 0.1) is 22.4 Å². The highest BCUT2D eigenvalue weighted by Crippen LogP contribution is 2.50. The van der Waals surface area contributed by atoms with E-state index in [1.54, 1.807) is 0 Å². The maximum Gasteiger partial charge on any atom is 0.0800 e. The van der Waals surface area contributed by atoms with E-state index in [1.165, 1.54) is 82.6 Å². The van der Waals surface area contributed by atoms with Crippen LogP contribution in [0, 0.1) is 0 Å². The molecule has 11 rings (SSSR count). The molecule has 0 bridgehead atoms. The molecule has 0 N–H and O–H groups in total.